The first kappa shape index (κ1) is 13.4. The molecule has 1 aliphatic carbocycles. The Balaban J connectivity index is 2.07. The minimum absolute atomic E-state index is 0.0919. The number of aliphatic carboxylic acids is 1. The Labute approximate surface area is 108 Å². The maximum atomic E-state index is 12.5. The van der Waals surface area contributed by atoms with Gasteiger partial charge in [0.2, 0.25) is 5.91 Å². The molecule has 2 fully saturated rings. The topological polar surface area (TPSA) is 57.6 Å². The molecular weight excluding hydrogens is 230 g/mol. The highest BCUT2D eigenvalue weighted by Crippen LogP contribution is 2.33. The maximum absolute atomic E-state index is 12.5. The molecule has 0 bridgehead atoms. The third-order valence-corrected chi connectivity index (χ3v) is 4.49. The molecule has 102 valence electrons. The van der Waals surface area contributed by atoms with E-state index in [1.165, 1.54) is 6.42 Å². The fourth-order valence-corrected chi connectivity index (χ4v) is 3.36. The summed E-state index contributed by atoms with van der Waals surface area (Å²) in [5.41, 5.74) is 0. The normalized spacial score (nSPS) is 33.2. The van der Waals surface area contributed by atoms with Crippen LogP contribution < -0.4 is 0 Å². The average molecular weight is 253 g/mol. The molecule has 1 aliphatic heterocycles. The molecule has 2 aliphatic rings. The van der Waals surface area contributed by atoms with E-state index >= 15 is 0 Å². The highest BCUT2D eigenvalue weighted by atomic mass is 16.4. The third-order valence-electron chi connectivity index (χ3n) is 4.49. The lowest BCUT2D eigenvalue weighted by Crippen LogP contribution is -2.48. The maximum Gasteiger partial charge on any atom is 0.307 e. The number of carboxylic acid groups (broad SMARTS) is 1. The molecule has 18 heavy (non-hydrogen) atoms. The van der Waals surface area contributed by atoms with Gasteiger partial charge < -0.3 is 10.0 Å². The summed E-state index contributed by atoms with van der Waals surface area (Å²) in [6, 6.07) is 0.280. The van der Waals surface area contributed by atoms with Gasteiger partial charge in [0.25, 0.3) is 0 Å². The fraction of sp³-hybridized carbons (Fsp3) is 0.857. The van der Waals surface area contributed by atoms with E-state index in [9.17, 15) is 14.7 Å². The summed E-state index contributed by atoms with van der Waals surface area (Å²) in [5, 5.41) is 9.25. The molecule has 1 unspecified atom stereocenters. The number of carbonyl (C=O) groups is 2. The van der Waals surface area contributed by atoms with E-state index in [-0.39, 0.29) is 17.9 Å². The van der Waals surface area contributed by atoms with E-state index in [1.807, 2.05) is 4.90 Å². The summed E-state index contributed by atoms with van der Waals surface area (Å²) in [6.07, 6.45) is 6.63. The molecule has 1 heterocycles. The molecule has 3 atom stereocenters. The first-order valence-corrected chi connectivity index (χ1v) is 7.14. The SMILES string of the molecule is CC1CCCCN1C(=O)[C@@H]1CCCC[C@@H]1C(=O)O. The number of rotatable bonds is 2. The van der Waals surface area contributed by atoms with Gasteiger partial charge in [-0.25, -0.2) is 0 Å². The summed E-state index contributed by atoms with van der Waals surface area (Å²) in [5.74, 6) is -1.44. The highest BCUT2D eigenvalue weighted by molar-refractivity contribution is 5.85. The van der Waals surface area contributed by atoms with Gasteiger partial charge in [-0.15, -0.1) is 0 Å². The van der Waals surface area contributed by atoms with Crippen LogP contribution in [0.5, 0.6) is 0 Å². The predicted octanol–water partition coefficient (Wildman–Crippen LogP) is 2.28. The molecule has 4 nitrogen and oxygen atoms in total. The number of hydrogen-bond donors (Lipinski definition) is 1. The van der Waals surface area contributed by atoms with E-state index in [0.717, 1.165) is 38.6 Å². The van der Waals surface area contributed by atoms with Gasteiger partial charge in [0.15, 0.2) is 0 Å². The van der Waals surface area contributed by atoms with Crippen LogP contribution in [0.4, 0.5) is 0 Å². The Morgan fingerprint density at radius 2 is 1.61 bits per heavy atom. The molecule has 0 radical (unpaired) electrons. The van der Waals surface area contributed by atoms with Gasteiger partial charge in [-0.05, 0) is 39.0 Å². The van der Waals surface area contributed by atoms with Crippen molar-refractivity contribution < 1.29 is 14.7 Å². The minimum Gasteiger partial charge on any atom is -0.481 e. The Bertz CT molecular complexity index is 329. The third kappa shape index (κ3) is 2.68. The molecule has 1 saturated carbocycles. The van der Waals surface area contributed by atoms with Crippen LogP contribution in [-0.4, -0.2) is 34.5 Å². The Morgan fingerprint density at radius 1 is 1.00 bits per heavy atom. The molecule has 1 N–H and O–H groups in total. The van der Waals surface area contributed by atoms with E-state index < -0.39 is 11.9 Å². The van der Waals surface area contributed by atoms with Gasteiger partial charge >= 0.3 is 5.97 Å². The van der Waals surface area contributed by atoms with Crippen LogP contribution in [0, 0.1) is 11.8 Å². The molecule has 4 heteroatoms. The largest absolute Gasteiger partial charge is 0.481 e. The second-order valence-electron chi connectivity index (χ2n) is 5.71. The zero-order valence-electron chi connectivity index (χ0n) is 11.1. The lowest BCUT2D eigenvalue weighted by atomic mass is 9.78. The summed E-state index contributed by atoms with van der Waals surface area (Å²) >= 11 is 0. The fourth-order valence-electron chi connectivity index (χ4n) is 3.36. The van der Waals surface area contributed by atoms with E-state index in [4.69, 9.17) is 0 Å². The zero-order valence-corrected chi connectivity index (χ0v) is 11.1. The first-order chi connectivity index (χ1) is 8.61. The van der Waals surface area contributed by atoms with Gasteiger partial charge in [-0.2, -0.15) is 0 Å². The molecule has 2 rings (SSSR count). The van der Waals surface area contributed by atoms with Gasteiger partial charge in [-0.1, -0.05) is 12.8 Å². The standard InChI is InChI=1S/C14H23NO3/c1-10-6-4-5-9-15(10)13(16)11-7-2-3-8-12(11)14(17)18/h10-12H,2-9H2,1H3,(H,17,18)/t10?,11-,12+/m1/s1. The lowest BCUT2D eigenvalue weighted by molar-refractivity contribution is -0.153. The zero-order chi connectivity index (χ0) is 13.1. The van der Waals surface area contributed by atoms with Gasteiger partial charge in [0.1, 0.15) is 0 Å². The minimum atomic E-state index is -0.794. The van der Waals surface area contributed by atoms with Crippen LogP contribution in [0.1, 0.15) is 51.9 Å². The number of hydrogen-bond acceptors (Lipinski definition) is 2. The Morgan fingerprint density at radius 3 is 2.22 bits per heavy atom. The van der Waals surface area contributed by atoms with Crippen molar-refractivity contribution in [2.24, 2.45) is 11.8 Å². The average Bonchev–Trinajstić information content (AvgIpc) is 2.38. The monoisotopic (exact) mass is 253 g/mol. The summed E-state index contributed by atoms with van der Waals surface area (Å²) in [6.45, 7) is 2.89. The number of carbonyl (C=O) groups excluding carboxylic acids is 1. The quantitative estimate of drug-likeness (QED) is 0.821. The molecule has 1 saturated heterocycles. The molecule has 0 spiro atoms. The summed E-state index contributed by atoms with van der Waals surface area (Å²) in [4.78, 5) is 25.7. The molecule has 0 aromatic carbocycles. The van der Waals surface area contributed by atoms with E-state index in [2.05, 4.69) is 6.92 Å². The molecule has 1 amide bonds. The number of nitrogens with zero attached hydrogens (tertiary/aromatic N) is 1. The number of piperidine rings is 1. The van der Waals surface area contributed by atoms with Crippen molar-refractivity contribution in [3.05, 3.63) is 0 Å². The highest BCUT2D eigenvalue weighted by Gasteiger charge is 2.39. The van der Waals surface area contributed by atoms with Gasteiger partial charge in [0.05, 0.1) is 11.8 Å². The van der Waals surface area contributed by atoms with Crippen molar-refractivity contribution in [3.8, 4) is 0 Å². The van der Waals surface area contributed by atoms with E-state index in [0.29, 0.717) is 6.42 Å². The van der Waals surface area contributed by atoms with Crippen molar-refractivity contribution in [3.63, 3.8) is 0 Å². The van der Waals surface area contributed by atoms with Crippen LogP contribution in [0.15, 0.2) is 0 Å². The van der Waals surface area contributed by atoms with Gasteiger partial charge in [0, 0.05) is 12.6 Å². The van der Waals surface area contributed by atoms with E-state index in [1.54, 1.807) is 0 Å². The van der Waals surface area contributed by atoms with Crippen LogP contribution in [0.2, 0.25) is 0 Å². The number of likely N-dealkylation sites (tertiary alicyclic amines) is 1. The Hall–Kier alpha value is -1.06. The molecular formula is C14H23NO3. The van der Waals surface area contributed by atoms with Crippen LogP contribution in [0.3, 0.4) is 0 Å². The second kappa shape index (κ2) is 5.72. The van der Waals surface area contributed by atoms with Crippen molar-refractivity contribution in [2.75, 3.05) is 6.54 Å². The number of carboxylic acids is 1. The van der Waals surface area contributed by atoms with Crippen LogP contribution in [-0.2, 0) is 9.59 Å². The summed E-state index contributed by atoms with van der Waals surface area (Å²) < 4.78 is 0. The first-order valence-electron chi connectivity index (χ1n) is 7.14. The summed E-state index contributed by atoms with van der Waals surface area (Å²) in [7, 11) is 0. The van der Waals surface area contributed by atoms with Crippen LogP contribution in [0.25, 0.3) is 0 Å². The Kier molecular flexibility index (Phi) is 4.25. The van der Waals surface area contributed by atoms with Crippen molar-refractivity contribution >= 4 is 11.9 Å². The van der Waals surface area contributed by atoms with Crippen molar-refractivity contribution in [1.82, 2.24) is 4.90 Å². The predicted molar refractivity (Wildman–Crippen MR) is 68.1 cm³/mol. The van der Waals surface area contributed by atoms with Crippen molar-refractivity contribution in [1.29, 1.82) is 0 Å². The number of amides is 1. The smallest absolute Gasteiger partial charge is 0.307 e. The van der Waals surface area contributed by atoms with Crippen molar-refractivity contribution in [2.45, 2.75) is 57.9 Å². The molecule has 0 aromatic rings. The lowest BCUT2D eigenvalue weighted by Gasteiger charge is -2.38. The van der Waals surface area contributed by atoms with Crippen LogP contribution >= 0.6 is 0 Å². The van der Waals surface area contributed by atoms with Gasteiger partial charge in [-0.3, -0.25) is 9.59 Å². The second-order valence-corrected chi connectivity index (χ2v) is 5.71. The molecule has 0 aromatic heterocycles.